The summed E-state index contributed by atoms with van der Waals surface area (Å²) in [5, 5.41) is 16.2. The molecule has 0 bridgehead atoms. The molecular formula is C17H25N3O2. The van der Waals surface area contributed by atoms with Crippen LogP contribution in [-0.2, 0) is 0 Å². The molecule has 0 aromatic carbocycles. The molecule has 0 aliphatic heterocycles. The average Bonchev–Trinajstić information content (AvgIpc) is 2.54. The maximum Gasteiger partial charge on any atom is 0.253 e. The number of anilines is 1. The molecule has 3 N–H and O–H groups in total. The smallest absolute Gasteiger partial charge is 0.253 e. The van der Waals surface area contributed by atoms with E-state index in [9.17, 15) is 9.90 Å². The van der Waals surface area contributed by atoms with Gasteiger partial charge in [-0.3, -0.25) is 4.79 Å². The third-order valence-corrected chi connectivity index (χ3v) is 4.39. The Hall–Kier alpha value is -1.88. The van der Waals surface area contributed by atoms with E-state index in [0.29, 0.717) is 18.7 Å². The predicted octanol–water partition coefficient (Wildman–Crippen LogP) is 2.35. The molecule has 1 heterocycles. The number of aliphatic hydroxyl groups is 1. The van der Waals surface area contributed by atoms with Gasteiger partial charge in [-0.1, -0.05) is 25.8 Å². The van der Waals surface area contributed by atoms with Crippen molar-refractivity contribution in [2.24, 2.45) is 5.41 Å². The molecule has 5 heteroatoms. The summed E-state index contributed by atoms with van der Waals surface area (Å²) in [7, 11) is 0. The largest absolute Gasteiger partial charge is 0.392 e. The quantitative estimate of drug-likeness (QED) is 0.705. The Morgan fingerprint density at radius 3 is 3.00 bits per heavy atom. The Morgan fingerprint density at radius 1 is 1.55 bits per heavy atom. The summed E-state index contributed by atoms with van der Waals surface area (Å²) in [5.74, 6) is 0.563. The number of aliphatic hydroxyl groups excluding tert-OH is 1. The van der Waals surface area contributed by atoms with Crippen molar-refractivity contribution in [1.29, 1.82) is 0 Å². The predicted molar refractivity (Wildman–Crippen MR) is 87.8 cm³/mol. The molecule has 1 amide bonds. The number of rotatable bonds is 6. The Kier molecular flexibility index (Phi) is 5.55. The van der Waals surface area contributed by atoms with Crippen LogP contribution in [0.4, 0.5) is 5.82 Å². The van der Waals surface area contributed by atoms with E-state index in [1.807, 2.05) is 0 Å². The molecule has 0 saturated heterocycles. The van der Waals surface area contributed by atoms with Gasteiger partial charge in [0.25, 0.3) is 5.91 Å². The molecule has 2 rings (SSSR count). The summed E-state index contributed by atoms with van der Waals surface area (Å²) in [6, 6.07) is 3.54. The number of hydrogen-bond donors (Lipinski definition) is 3. The van der Waals surface area contributed by atoms with Crippen LogP contribution in [0.3, 0.4) is 0 Å². The number of carbonyl (C=O) groups is 1. The third-order valence-electron chi connectivity index (χ3n) is 4.39. The van der Waals surface area contributed by atoms with Crippen molar-refractivity contribution in [2.45, 2.75) is 38.7 Å². The maximum absolute atomic E-state index is 11.8. The highest BCUT2D eigenvalue weighted by Gasteiger charge is 2.35. The van der Waals surface area contributed by atoms with Crippen LogP contribution < -0.4 is 10.6 Å². The van der Waals surface area contributed by atoms with E-state index >= 15 is 0 Å². The number of carbonyl (C=O) groups excluding carboxylic acids is 1. The molecule has 1 fully saturated rings. The van der Waals surface area contributed by atoms with Crippen molar-refractivity contribution < 1.29 is 9.90 Å². The van der Waals surface area contributed by atoms with E-state index in [1.165, 1.54) is 0 Å². The lowest BCUT2D eigenvalue weighted by Crippen LogP contribution is -2.41. The lowest BCUT2D eigenvalue weighted by Gasteiger charge is -2.38. The fourth-order valence-corrected chi connectivity index (χ4v) is 2.78. The second kappa shape index (κ2) is 7.40. The number of pyridine rings is 1. The van der Waals surface area contributed by atoms with Gasteiger partial charge in [-0.05, 0) is 25.0 Å². The van der Waals surface area contributed by atoms with Crippen molar-refractivity contribution in [3.8, 4) is 0 Å². The van der Waals surface area contributed by atoms with E-state index in [4.69, 9.17) is 0 Å². The third kappa shape index (κ3) is 4.07. The zero-order valence-corrected chi connectivity index (χ0v) is 13.1. The van der Waals surface area contributed by atoms with Gasteiger partial charge < -0.3 is 15.7 Å². The van der Waals surface area contributed by atoms with Gasteiger partial charge in [0.05, 0.1) is 11.7 Å². The summed E-state index contributed by atoms with van der Waals surface area (Å²) in [5.41, 5.74) is 0.413. The van der Waals surface area contributed by atoms with Crippen molar-refractivity contribution in [3.63, 3.8) is 0 Å². The number of aromatic nitrogens is 1. The molecular weight excluding hydrogens is 278 g/mol. The highest BCUT2D eigenvalue weighted by molar-refractivity contribution is 5.94. The standard InChI is InChI=1S/C17H25N3O2/c1-3-10-18-16(22)13-7-8-15(19-11-13)20-12-17(2)9-5-4-6-14(17)21/h3,7-8,11,14,21H,1,4-6,9-10,12H2,2H3,(H,18,22)(H,19,20). The molecule has 5 nitrogen and oxygen atoms in total. The molecule has 0 radical (unpaired) electrons. The molecule has 1 aromatic heterocycles. The molecule has 0 spiro atoms. The van der Waals surface area contributed by atoms with Crippen LogP contribution in [0.25, 0.3) is 0 Å². The first-order valence-corrected chi connectivity index (χ1v) is 7.82. The lowest BCUT2D eigenvalue weighted by molar-refractivity contribution is 0.00958. The summed E-state index contributed by atoms with van der Waals surface area (Å²) >= 11 is 0. The van der Waals surface area contributed by atoms with Gasteiger partial charge in [0.2, 0.25) is 0 Å². The topological polar surface area (TPSA) is 74.2 Å². The van der Waals surface area contributed by atoms with E-state index in [0.717, 1.165) is 31.5 Å². The fraction of sp³-hybridized carbons (Fsp3) is 0.529. The Bertz CT molecular complexity index is 515. The van der Waals surface area contributed by atoms with Gasteiger partial charge in [0, 0.05) is 24.7 Å². The first kappa shape index (κ1) is 16.5. The molecule has 1 saturated carbocycles. The summed E-state index contributed by atoms with van der Waals surface area (Å²) < 4.78 is 0. The number of hydrogen-bond acceptors (Lipinski definition) is 4. The zero-order valence-electron chi connectivity index (χ0n) is 13.1. The van der Waals surface area contributed by atoms with Crippen LogP contribution in [0.5, 0.6) is 0 Å². The van der Waals surface area contributed by atoms with Gasteiger partial charge in [-0.2, -0.15) is 0 Å². The lowest BCUT2D eigenvalue weighted by atomic mass is 9.73. The molecule has 1 aliphatic rings. The molecule has 22 heavy (non-hydrogen) atoms. The van der Waals surface area contributed by atoms with E-state index in [1.54, 1.807) is 24.4 Å². The molecule has 2 atom stereocenters. The maximum atomic E-state index is 11.8. The Balaban J connectivity index is 1.91. The van der Waals surface area contributed by atoms with Crippen molar-refractivity contribution >= 4 is 11.7 Å². The minimum Gasteiger partial charge on any atom is -0.392 e. The average molecular weight is 303 g/mol. The fourth-order valence-electron chi connectivity index (χ4n) is 2.78. The summed E-state index contributed by atoms with van der Waals surface area (Å²) in [6.07, 6.45) is 7.07. The second-order valence-corrected chi connectivity index (χ2v) is 6.20. The Labute approximate surface area is 131 Å². The monoisotopic (exact) mass is 303 g/mol. The molecule has 120 valence electrons. The van der Waals surface area contributed by atoms with Gasteiger partial charge in [-0.25, -0.2) is 4.98 Å². The highest BCUT2D eigenvalue weighted by atomic mass is 16.3. The van der Waals surface area contributed by atoms with Crippen LogP contribution in [0, 0.1) is 5.41 Å². The minimum absolute atomic E-state index is 0.111. The molecule has 1 aromatic rings. The second-order valence-electron chi connectivity index (χ2n) is 6.20. The normalized spacial score (nSPS) is 24.5. The van der Waals surface area contributed by atoms with E-state index in [-0.39, 0.29) is 17.4 Å². The van der Waals surface area contributed by atoms with Gasteiger partial charge in [0.1, 0.15) is 5.82 Å². The van der Waals surface area contributed by atoms with Crippen LogP contribution in [0.15, 0.2) is 31.0 Å². The SMILES string of the molecule is C=CCNC(=O)c1ccc(NCC2(C)CCCCC2O)nc1. The van der Waals surface area contributed by atoms with Crippen molar-refractivity contribution in [1.82, 2.24) is 10.3 Å². The van der Waals surface area contributed by atoms with E-state index in [2.05, 4.69) is 29.1 Å². The van der Waals surface area contributed by atoms with Crippen LogP contribution >= 0.6 is 0 Å². The molecule has 1 aliphatic carbocycles. The first-order chi connectivity index (χ1) is 10.5. The first-order valence-electron chi connectivity index (χ1n) is 7.82. The van der Waals surface area contributed by atoms with Crippen molar-refractivity contribution in [3.05, 3.63) is 36.5 Å². The van der Waals surface area contributed by atoms with Crippen LogP contribution in [0.2, 0.25) is 0 Å². The zero-order chi connectivity index (χ0) is 16.0. The van der Waals surface area contributed by atoms with E-state index < -0.39 is 0 Å². The summed E-state index contributed by atoms with van der Waals surface area (Å²) in [4.78, 5) is 16.0. The van der Waals surface area contributed by atoms with Crippen molar-refractivity contribution in [2.75, 3.05) is 18.4 Å². The van der Waals surface area contributed by atoms with Gasteiger partial charge in [0.15, 0.2) is 0 Å². The highest BCUT2D eigenvalue weighted by Crippen LogP contribution is 2.36. The van der Waals surface area contributed by atoms with Gasteiger partial charge >= 0.3 is 0 Å². The van der Waals surface area contributed by atoms with Crippen LogP contribution in [-0.4, -0.2) is 35.2 Å². The Morgan fingerprint density at radius 2 is 2.36 bits per heavy atom. The number of nitrogens with one attached hydrogen (secondary N) is 2. The molecule has 2 unspecified atom stereocenters. The number of amides is 1. The van der Waals surface area contributed by atoms with Crippen LogP contribution in [0.1, 0.15) is 43.0 Å². The summed E-state index contributed by atoms with van der Waals surface area (Å²) in [6.45, 7) is 6.80. The number of nitrogens with zero attached hydrogens (tertiary/aromatic N) is 1. The minimum atomic E-state index is -0.266. The van der Waals surface area contributed by atoms with Gasteiger partial charge in [-0.15, -0.1) is 6.58 Å².